The fourth-order valence-electron chi connectivity index (χ4n) is 4.02. The minimum Gasteiger partial charge on any atom is -0.484 e. The van der Waals surface area contributed by atoms with Gasteiger partial charge in [0.15, 0.2) is 0 Å². The van der Waals surface area contributed by atoms with Crippen LogP contribution in [0.25, 0.3) is 0 Å². The molecule has 1 unspecified atom stereocenters. The Morgan fingerprint density at radius 2 is 1.78 bits per heavy atom. The maximum atomic E-state index is 13.6. The number of ether oxygens (including phenoxy) is 1. The standard InChI is InChI=1S/C28H33F6NO/c1-6-11-20(17-21(12-7-2)27(29,30)31)22(19(3)4)18-24-26(15-10-16-35(24)5)36-25-14-9-8-13-23(25)28(32,33)34/h6,8-9,11-14,17-18,26H,7,10,15-16H2,1-5H3/b11-6-,20-17+,21-12-,24-18-. The SMILES string of the molecule is C\C=C/C(=C\C(=C\CC)C(F)(F)F)C(/C=C1/C(Oc2ccccc2C(F)(F)F)CCCN1C)=C(C)C. The van der Waals surface area contributed by atoms with Gasteiger partial charge in [0.1, 0.15) is 11.9 Å². The Balaban J connectivity index is 2.61. The summed E-state index contributed by atoms with van der Waals surface area (Å²) in [6, 6.07) is 5.04. The van der Waals surface area contributed by atoms with Gasteiger partial charge in [-0.3, -0.25) is 0 Å². The molecule has 0 spiro atoms. The number of likely N-dealkylation sites (N-methyl/N-ethyl adjacent to an activating group) is 1. The van der Waals surface area contributed by atoms with E-state index in [0.717, 1.165) is 23.8 Å². The summed E-state index contributed by atoms with van der Waals surface area (Å²) in [7, 11) is 1.80. The molecule has 1 atom stereocenters. The number of hydrogen-bond acceptors (Lipinski definition) is 2. The van der Waals surface area contributed by atoms with Crippen molar-refractivity contribution in [3.05, 3.63) is 88.2 Å². The number of hydrogen-bond donors (Lipinski definition) is 0. The molecule has 0 radical (unpaired) electrons. The van der Waals surface area contributed by atoms with Gasteiger partial charge < -0.3 is 9.64 Å². The number of alkyl halides is 6. The van der Waals surface area contributed by atoms with Crippen LogP contribution in [-0.4, -0.2) is 30.8 Å². The third-order valence-electron chi connectivity index (χ3n) is 5.74. The first-order chi connectivity index (χ1) is 16.8. The second-order valence-corrected chi connectivity index (χ2v) is 8.81. The Kier molecular flexibility index (Phi) is 10.1. The highest BCUT2D eigenvalue weighted by molar-refractivity contribution is 5.53. The van der Waals surface area contributed by atoms with Crippen LogP contribution in [0.5, 0.6) is 5.75 Å². The van der Waals surface area contributed by atoms with E-state index in [1.54, 1.807) is 53.0 Å². The van der Waals surface area contributed by atoms with Gasteiger partial charge in [-0.1, -0.05) is 42.9 Å². The van der Waals surface area contributed by atoms with E-state index >= 15 is 0 Å². The maximum Gasteiger partial charge on any atom is 0.419 e. The molecule has 0 aromatic heterocycles. The van der Waals surface area contributed by atoms with Crippen molar-refractivity contribution < 1.29 is 31.1 Å². The zero-order valence-corrected chi connectivity index (χ0v) is 21.2. The zero-order chi connectivity index (χ0) is 27.1. The summed E-state index contributed by atoms with van der Waals surface area (Å²) < 4.78 is 87.5. The molecule has 2 nitrogen and oxygen atoms in total. The van der Waals surface area contributed by atoms with Crippen LogP contribution in [0, 0.1) is 0 Å². The highest BCUT2D eigenvalue weighted by atomic mass is 19.4. The summed E-state index contributed by atoms with van der Waals surface area (Å²) >= 11 is 0. The van der Waals surface area contributed by atoms with E-state index in [1.165, 1.54) is 18.2 Å². The van der Waals surface area contributed by atoms with Crippen LogP contribution in [0.3, 0.4) is 0 Å². The number of halogens is 6. The largest absolute Gasteiger partial charge is 0.484 e. The molecule has 8 heteroatoms. The van der Waals surface area contributed by atoms with Crippen LogP contribution in [0.1, 0.15) is 52.5 Å². The maximum absolute atomic E-state index is 13.6. The first-order valence-corrected chi connectivity index (χ1v) is 11.8. The summed E-state index contributed by atoms with van der Waals surface area (Å²) in [5, 5.41) is 0. The van der Waals surface area contributed by atoms with Crippen molar-refractivity contribution in [2.24, 2.45) is 0 Å². The minimum atomic E-state index is -4.58. The third-order valence-corrected chi connectivity index (χ3v) is 5.74. The van der Waals surface area contributed by atoms with E-state index in [2.05, 4.69) is 0 Å². The molecule has 2 rings (SSSR count). The van der Waals surface area contributed by atoms with Gasteiger partial charge in [-0.05, 0) is 75.5 Å². The number of benzene rings is 1. The Bertz CT molecular complexity index is 1050. The summed E-state index contributed by atoms with van der Waals surface area (Å²) in [6.07, 6.45) is -1.15. The Morgan fingerprint density at radius 1 is 1.11 bits per heavy atom. The summed E-state index contributed by atoms with van der Waals surface area (Å²) in [4.78, 5) is 1.88. The fourth-order valence-corrected chi connectivity index (χ4v) is 4.02. The van der Waals surface area contributed by atoms with Crippen LogP contribution >= 0.6 is 0 Å². The van der Waals surface area contributed by atoms with Crippen LogP contribution in [-0.2, 0) is 6.18 Å². The Labute approximate surface area is 209 Å². The number of nitrogens with zero attached hydrogens (tertiary/aromatic N) is 1. The average Bonchev–Trinajstić information content (AvgIpc) is 2.77. The van der Waals surface area contributed by atoms with E-state index in [4.69, 9.17) is 4.74 Å². The number of likely N-dealkylation sites (tertiary alicyclic amines) is 1. The molecule has 1 heterocycles. The van der Waals surface area contributed by atoms with Gasteiger partial charge in [0.2, 0.25) is 0 Å². The molecule has 1 aromatic rings. The average molecular weight is 514 g/mol. The molecular weight excluding hydrogens is 480 g/mol. The van der Waals surface area contributed by atoms with Crippen molar-refractivity contribution in [2.45, 2.75) is 65.4 Å². The van der Waals surface area contributed by atoms with Crippen molar-refractivity contribution in [3.63, 3.8) is 0 Å². The number of rotatable bonds is 7. The van der Waals surface area contributed by atoms with E-state index in [-0.39, 0.29) is 12.2 Å². The number of para-hydroxylation sites is 1. The predicted octanol–water partition coefficient (Wildman–Crippen LogP) is 8.80. The molecule has 0 saturated carbocycles. The summed E-state index contributed by atoms with van der Waals surface area (Å²) in [5.41, 5.74) is 0.667. The number of piperidine rings is 1. The van der Waals surface area contributed by atoms with Crippen LogP contribution < -0.4 is 4.74 Å². The van der Waals surface area contributed by atoms with Crippen molar-refractivity contribution in [3.8, 4) is 5.75 Å². The third kappa shape index (κ3) is 7.80. The quantitative estimate of drug-likeness (QED) is 0.267. The summed E-state index contributed by atoms with van der Waals surface area (Å²) in [5.74, 6) is -0.274. The van der Waals surface area contributed by atoms with Gasteiger partial charge in [0, 0.05) is 13.6 Å². The highest BCUT2D eigenvalue weighted by Gasteiger charge is 2.36. The van der Waals surface area contributed by atoms with E-state index in [1.807, 2.05) is 4.90 Å². The van der Waals surface area contributed by atoms with Gasteiger partial charge in [-0.2, -0.15) is 26.3 Å². The highest BCUT2D eigenvalue weighted by Crippen LogP contribution is 2.38. The van der Waals surface area contributed by atoms with Gasteiger partial charge >= 0.3 is 12.4 Å². The van der Waals surface area contributed by atoms with Gasteiger partial charge in [-0.25, -0.2) is 0 Å². The monoisotopic (exact) mass is 513 g/mol. The first-order valence-electron chi connectivity index (χ1n) is 11.8. The Hall–Kier alpha value is -2.90. The lowest BCUT2D eigenvalue weighted by molar-refractivity contribution is -0.139. The smallest absolute Gasteiger partial charge is 0.419 e. The molecule has 0 bridgehead atoms. The summed E-state index contributed by atoms with van der Waals surface area (Å²) in [6.45, 7) is 7.58. The first kappa shape index (κ1) is 29.3. The number of allylic oxidation sites excluding steroid dienone is 9. The van der Waals surface area contributed by atoms with Crippen molar-refractivity contribution in [2.75, 3.05) is 13.6 Å². The van der Waals surface area contributed by atoms with Crippen molar-refractivity contribution in [1.82, 2.24) is 4.90 Å². The molecule has 1 aliphatic rings. The molecule has 36 heavy (non-hydrogen) atoms. The lowest BCUT2D eigenvalue weighted by atomic mass is 9.94. The molecule has 0 amide bonds. The van der Waals surface area contributed by atoms with Crippen LogP contribution in [0.15, 0.2) is 82.6 Å². The zero-order valence-electron chi connectivity index (χ0n) is 21.2. The van der Waals surface area contributed by atoms with Gasteiger partial charge in [0.25, 0.3) is 0 Å². The van der Waals surface area contributed by atoms with Crippen molar-refractivity contribution in [1.29, 1.82) is 0 Å². The second kappa shape index (κ2) is 12.4. The molecule has 198 valence electrons. The minimum absolute atomic E-state index is 0.219. The predicted molar refractivity (Wildman–Crippen MR) is 132 cm³/mol. The van der Waals surface area contributed by atoms with E-state index in [9.17, 15) is 26.3 Å². The second-order valence-electron chi connectivity index (χ2n) is 8.81. The lowest BCUT2D eigenvalue weighted by Gasteiger charge is -2.35. The van der Waals surface area contributed by atoms with Gasteiger partial charge in [0.05, 0.1) is 16.8 Å². The van der Waals surface area contributed by atoms with Gasteiger partial charge in [-0.15, -0.1) is 0 Å². The molecular formula is C28H33F6NO. The molecule has 1 aliphatic heterocycles. The molecule has 1 aromatic carbocycles. The van der Waals surface area contributed by atoms with E-state index < -0.39 is 29.6 Å². The molecule has 0 N–H and O–H groups in total. The lowest BCUT2D eigenvalue weighted by Crippen LogP contribution is -2.37. The molecule has 1 fully saturated rings. The molecule has 1 saturated heterocycles. The molecule has 0 aliphatic carbocycles. The van der Waals surface area contributed by atoms with E-state index in [0.29, 0.717) is 36.2 Å². The van der Waals surface area contributed by atoms with Crippen LogP contribution in [0.4, 0.5) is 26.3 Å². The Morgan fingerprint density at radius 3 is 2.33 bits per heavy atom. The van der Waals surface area contributed by atoms with Crippen molar-refractivity contribution >= 4 is 0 Å². The topological polar surface area (TPSA) is 12.5 Å². The van der Waals surface area contributed by atoms with Crippen LogP contribution in [0.2, 0.25) is 0 Å². The normalized spacial score (nSPS) is 19.2. The fraction of sp³-hybridized carbons (Fsp3) is 0.429.